The molecule has 1 amide bonds. The average Bonchev–Trinajstić information content (AvgIpc) is 2.45. The van der Waals surface area contributed by atoms with Crippen LogP contribution in [0.2, 0.25) is 0 Å². The molecule has 0 heterocycles. The Labute approximate surface area is 122 Å². The SMILES string of the molecule is CC(c1ccccc1O)N(C)C(=O)c1ccc(N)cc1F. The van der Waals surface area contributed by atoms with Crippen LogP contribution < -0.4 is 5.73 Å². The van der Waals surface area contributed by atoms with E-state index in [2.05, 4.69) is 0 Å². The first-order chi connectivity index (χ1) is 9.91. The molecule has 0 aliphatic heterocycles. The van der Waals surface area contributed by atoms with Crippen molar-refractivity contribution in [3.63, 3.8) is 0 Å². The first-order valence-electron chi connectivity index (χ1n) is 6.52. The highest BCUT2D eigenvalue weighted by atomic mass is 19.1. The van der Waals surface area contributed by atoms with E-state index in [0.717, 1.165) is 6.07 Å². The smallest absolute Gasteiger partial charge is 0.257 e. The zero-order valence-electron chi connectivity index (χ0n) is 11.9. The molecule has 0 radical (unpaired) electrons. The molecule has 110 valence electrons. The summed E-state index contributed by atoms with van der Waals surface area (Å²) in [6.45, 7) is 1.77. The first-order valence-corrected chi connectivity index (χ1v) is 6.52. The van der Waals surface area contributed by atoms with Crippen molar-refractivity contribution in [1.29, 1.82) is 0 Å². The molecular weight excluding hydrogens is 271 g/mol. The van der Waals surface area contributed by atoms with Crippen molar-refractivity contribution in [3.05, 3.63) is 59.4 Å². The molecule has 3 N–H and O–H groups in total. The Morgan fingerprint density at radius 2 is 1.95 bits per heavy atom. The summed E-state index contributed by atoms with van der Waals surface area (Å²) in [6.07, 6.45) is 0. The topological polar surface area (TPSA) is 66.6 Å². The number of anilines is 1. The number of phenolic OH excluding ortho intramolecular Hbond substituents is 1. The van der Waals surface area contributed by atoms with Gasteiger partial charge >= 0.3 is 0 Å². The number of carbonyl (C=O) groups excluding carboxylic acids is 1. The van der Waals surface area contributed by atoms with Gasteiger partial charge in [-0.25, -0.2) is 4.39 Å². The first kappa shape index (κ1) is 14.8. The Bertz CT molecular complexity index is 673. The number of hydrogen-bond donors (Lipinski definition) is 2. The van der Waals surface area contributed by atoms with Crippen molar-refractivity contribution in [2.24, 2.45) is 0 Å². The van der Waals surface area contributed by atoms with Crippen LogP contribution in [0.25, 0.3) is 0 Å². The molecule has 4 nitrogen and oxygen atoms in total. The van der Waals surface area contributed by atoms with Gasteiger partial charge in [-0.3, -0.25) is 4.79 Å². The molecule has 0 bridgehead atoms. The maximum atomic E-state index is 13.8. The Kier molecular flexibility index (Phi) is 4.12. The maximum Gasteiger partial charge on any atom is 0.257 e. The Morgan fingerprint density at radius 1 is 1.29 bits per heavy atom. The fourth-order valence-electron chi connectivity index (χ4n) is 2.12. The minimum Gasteiger partial charge on any atom is -0.508 e. The van der Waals surface area contributed by atoms with Crippen LogP contribution in [0, 0.1) is 5.82 Å². The van der Waals surface area contributed by atoms with Crippen LogP contribution in [-0.2, 0) is 0 Å². The molecule has 0 aliphatic carbocycles. The summed E-state index contributed by atoms with van der Waals surface area (Å²) >= 11 is 0. The lowest BCUT2D eigenvalue weighted by Crippen LogP contribution is -2.30. The number of carbonyl (C=O) groups is 1. The summed E-state index contributed by atoms with van der Waals surface area (Å²) in [4.78, 5) is 13.7. The molecule has 0 saturated heterocycles. The van der Waals surface area contributed by atoms with Gasteiger partial charge in [-0.1, -0.05) is 18.2 Å². The van der Waals surface area contributed by atoms with E-state index in [0.29, 0.717) is 5.56 Å². The second kappa shape index (κ2) is 5.83. The molecule has 0 aliphatic rings. The van der Waals surface area contributed by atoms with Gasteiger partial charge in [-0.2, -0.15) is 0 Å². The lowest BCUT2D eigenvalue weighted by atomic mass is 10.0. The molecule has 2 aromatic carbocycles. The van der Waals surface area contributed by atoms with Crippen LogP contribution in [0.4, 0.5) is 10.1 Å². The van der Waals surface area contributed by atoms with Gasteiger partial charge in [-0.15, -0.1) is 0 Å². The molecule has 2 rings (SSSR count). The Hall–Kier alpha value is -2.56. The minimum atomic E-state index is -0.656. The van der Waals surface area contributed by atoms with Crippen molar-refractivity contribution in [1.82, 2.24) is 4.90 Å². The third-order valence-electron chi connectivity index (χ3n) is 3.51. The molecule has 2 aromatic rings. The summed E-state index contributed by atoms with van der Waals surface area (Å²) in [5.41, 5.74) is 6.29. The molecule has 0 aromatic heterocycles. The zero-order chi connectivity index (χ0) is 15.6. The molecule has 0 spiro atoms. The fraction of sp³-hybridized carbons (Fsp3) is 0.188. The van der Waals surface area contributed by atoms with Crippen LogP contribution >= 0.6 is 0 Å². The molecule has 1 atom stereocenters. The van der Waals surface area contributed by atoms with Gasteiger partial charge in [0.25, 0.3) is 5.91 Å². The van der Waals surface area contributed by atoms with E-state index in [1.807, 2.05) is 0 Å². The highest BCUT2D eigenvalue weighted by Gasteiger charge is 2.23. The molecule has 1 unspecified atom stereocenters. The maximum absolute atomic E-state index is 13.8. The fourth-order valence-corrected chi connectivity index (χ4v) is 2.12. The predicted octanol–water partition coefficient (Wildman–Crippen LogP) is 2.95. The summed E-state index contributed by atoms with van der Waals surface area (Å²) in [6, 6.07) is 10.3. The number of phenols is 1. The number of benzene rings is 2. The highest BCUT2D eigenvalue weighted by molar-refractivity contribution is 5.95. The Balaban J connectivity index is 2.29. The quantitative estimate of drug-likeness (QED) is 0.853. The standard InChI is InChI=1S/C16H17FN2O2/c1-10(12-5-3-4-6-15(12)20)19(2)16(21)13-8-7-11(18)9-14(13)17/h3-10,20H,18H2,1-2H3. The van der Waals surface area contributed by atoms with Crippen LogP contribution in [0.3, 0.4) is 0 Å². The van der Waals surface area contributed by atoms with Gasteiger partial charge in [-0.05, 0) is 31.2 Å². The number of hydrogen-bond acceptors (Lipinski definition) is 3. The molecule has 0 fully saturated rings. The van der Waals surface area contributed by atoms with Crippen molar-refractivity contribution >= 4 is 11.6 Å². The molecule has 5 heteroatoms. The number of aromatic hydroxyl groups is 1. The lowest BCUT2D eigenvalue weighted by Gasteiger charge is -2.26. The van der Waals surface area contributed by atoms with Crippen molar-refractivity contribution in [2.45, 2.75) is 13.0 Å². The normalized spacial score (nSPS) is 12.0. The second-order valence-electron chi connectivity index (χ2n) is 4.89. The lowest BCUT2D eigenvalue weighted by molar-refractivity contribution is 0.0736. The van der Waals surface area contributed by atoms with Crippen molar-refractivity contribution in [3.8, 4) is 5.75 Å². The van der Waals surface area contributed by atoms with Crippen LogP contribution in [0.5, 0.6) is 5.75 Å². The number of nitrogens with zero attached hydrogens (tertiary/aromatic N) is 1. The van der Waals surface area contributed by atoms with Gasteiger partial charge in [0.2, 0.25) is 0 Å². The zero-order valence-corrected chi connectivity index (χ0v) is 11.9. The van der Waals surface area contributed by atoms with Crippen molar-refractivity contribution < 1.29 is 14.3 Å². The van der Waals surface area contributed by atoms with Gasteiger partial charge < -0.3 is 15.7 Å². The number of para-hydroxylation sites is 1. The van der Waals surface area contributed by atoms with Crippen LogP contribution in [0.15, 0.2) is 42.5 Å². The number of rotatable bonds is 3. The summed E-state index contributed by atoms with van der Waals surface area (Å²) in [7, 11) is 1.56. The van der Waals surface area contributed by atoms with E-state index in [-0.39, 0.29) is 17.0 Å². The van der Waals surface area contributed by atoms with Gasteiger partial charge in [0.15, 0.2) is 0 Å². The van der Waals surface area contributed by atoms with E-state index in [1.165, 1.54) is 17.0 Å². The Morgan fingerprint density at radius 3 is 2.57 bits per heavy atom. The third-order valence-corrected chi connectivity index (χ3v) is 3.51. The molecular formula is C16H17FN2O2. The van der Waals surface area contributed by atoms with E-state index in [4.69, 9.17) is 5.73 Å². The molecule has 21 heavy (non-hydrogen) atoms. The second-order valence-corrected chi connectivity index (χ2v) is 4.89. The monoisotopic (exact) mass is 288 g/mol. The van der Waals surface area contributed by atoms with Crippen molar-refractivity contribution in [2.75, 3.05) is 12.8 Å². The van der Waals surface area contributed by atoms with Gasteiger partial charge in [0.05, 0.1) is 11.6 Å². The van der Waals surface area contributed by atoms with Crippen LogP contribution in [-0.4, -0.2) is 23.0 Å². The molecule has 0 saturated carbocycles. The van der Waals surface area contributed by atoms with Gasteiger partial charge in [0, 0.05) is 18.3 Å². The number of nitrogen functional groups attached to an aromatic ring is 1. The predicted molar refractivity (Wildman–Crippen MR) is 79.4 cm³/mol. The minimum absolute atomic E-state index is 0.0472. The summed E-state index contributed by atoms with van der Waals surface area (Å²) < 4.78 is 13.8. The van der Waals surface area contributed by atoms with E-state index < -0.39 is 17.8 Å². The number of amides is 1. The third kappa shape index (κ3) is 2.97. The van der Waals surface area contributed by atoms with E-state index >= 15 is 0 Å². The average molecular weight is 288 g/mol. The van der Waals surface area contributed by atoms with E-state index in [9.17, 15) is 14.3 Å². The van der Waals surface area contributed by atoms with E-state index in [1.54, 1.807) is 38.2 Å². The van der Waals surface area contributed by atoms with Crippen LogP contribution in [0.1, 0.15) is 28.9 Å². The highest BCUT2D eigenvalue weighted by Crippen LogP contribution is 2.28. The van der Waals surface area contributed by atoms with Gasteiger partial charge in [0.1, 0.15) is 11.6 Å². The summed E-state index contributed by atoms with van der Waals surface area (Å²) in [5, 5.41) is 9.84. The largest absolute Gasteiger partial charge is 0.508 e. The number of halogens is 1. The number of nitrogens with two attached hydrogens (primary N) is 1. The summed E-state index contributed by atoms with van der Waals surface area (Å²) in [5.74, 6) is -1.03.